The molecule has 0 atom stereocenters. The van der Waals surface area contributed by atoms with Gasteiger partial charge in [0.2, 0.25) is 5.82 Å². The summed E-state index contributed by atoms with van der Waals surface area (Å²) in [6.07, 6.45) is 1.37. The zero-order chi connectivity index (χ0) is 14.9. The molecule has 0 spiro atoms. The molecule has 1 aromatic carbocycles. The average molecular weight is 292 g/mol. The summed E-state index contributed by atoms with van der Waals surface area (Å²) in [7, 11) is 1.64. The molecule has 6 heteroatoms. The maximum atomic E-state index is 13.2. The van der Waals surface area contributed by atoms with E-state index in [1.165, 1.54) is 12.1 Å². The van der Waals surface area contributed by atoms with Gasteiger partial charge in [-0.2, -0.15) is 4.98 Å². The van der Waals surface area contributed by atoms with Crippen LogP contribution in [0.4, 0.5) is 4.39 Å². The number of aryl methyl sites for hydroxylation is 1. The first-order valence-electron chi connectivity index (χ1n) is 6.88. The third kappa shape index (κ3) is 2.56. The van der Waals surface area contributed by atoms with Gasteiger partial charge in [0.15, 0.2) is 0 Å². The standard InChI is InChI=1S/C15H17FN2O3/c1-10-9-11(16)3-4-12(10)13-17-14(18-21-13)15(19-2)5-7-20-8-6-15/h3-4,9H,5-8H2,1-2H3. The highest BCUT2D eigenvalue weighted by molar-refractivity contribution is 5.58. The van der Waals surface area contributed by atoms with E-state index >= 15 is 0 Å². The molecule has 0 bridgehead atoms. The minimum Gasteiger partial charge on any atom is -0.381 e. The lowest BCUT2D eigenvalue weighted by Gasteiger charge is -2.32. The highest BCUT2D eigenvalue weighted by atomic mass is 19.1. The summed E-state index contributed by atoms with van der Waals surface area (Å²) in [6.45, 7) is 3.02. The summed E-state index contributed by atoms with van der Waals surface area (Å²) in [5.41, 5.74) is 0.922. The Bertz CT molecular complexity index is 636. The summed E-state index contributed by atoms with van der Waals surface area (Å²) in [4.78, 5) is 4.46. The number of ether oxygens (including phenoxy) is 2. The Morgan fingerprint density at radius 3 is 2.71 bits per heavy atom. The van der Waals surface area contributed by atoms with Crippen molar-refractivity contribution in [1.82, 2.24) is 10.1 Å². The maximum absolute atomic E-state index is 13.2. The van der Waals surface area contributed by atoms with E-state index in [0.717, 1.165) is 11.1 Å². The summed E-state index contributed by atoms with van der Waals surface area (Å²) >= 11 is 0. The number of nitrogens with zero attached hydrogens (tertiary/aromatic N) is 2. The van der Waals surface area contributed by atoms with Crippen molar-refractivity contribution in [3.05, 3.63) is 35.4 Å². The van der Waals surface area contributed by atoms with Crippen molar-refractivity contribution in [1.29, 1.82) is 0 Å². The van der Waals surface area contributed by atoms with Gasteiger partial charge in [0, 0.05) is 38.7 Å². The minimum atomic E-state index is -0.562. The average Bonchev–Trinajstić information content (AvgIpc) is 2.98. The van der Waals surface area contributed by atoms with Crippen LogP contribution in [0.15, 0.2) is 22.7 Å². The third-order valence-electron chi connectivity index (χ3n) is 3.94. The topological polar surface area (TPSA) is 57.4 Å². The largest absolute Gasteiger partial charge is 0.381 e. The Morgan fingerprint density at radius 2 is 2.05 bits per heavy atom. The molecule has 21 heavy (non-hydrogen) atoms. The van der Waals surface area contributed by atoms with E-state index in [1.807, 2.05) is 6.92 Å². The minimum absolute atomic E-state index is 0.284. The zero-order valence-corrected chi connectivity index (χ0v) is 12.1. The van der Waals surface area contributed by atoms with Gasteiger partial charge in [-0.3, -0.25) is 0 Å². The van der Waals surface area contributed by atoms with Crippen LogP contribution in [0.3, 0.4) is 0 Å². The lowest BCUT2D eigenvalue weighted by molar-refractivity contribution is -0.101. The molecule has 0 aliphatic carbocycles. The Morgan fingerprint density at radius 1 is 1.29 bits per heavy atom. The lowest BCUT2D eigenvalue weighted by atomic mass is 9.93. The number of aromatic nitrogens is 2. The molecule has 1 aromatic heterocycles. The fourth-order valence-electron chi connectivity index (χ4n) is 2.61. The smallest absolute Gasteiger partial charge is 0.258 e. The molecule has 0 radical (unpaired) electrons. The Labute approximate surface area is 122 Å². The summed E-state index contributed by atoms with van der Waals surface area (Å²) < 4.78 is 29.5. The molecule has 0 N–H and O–H groups in total. The lowest BCUT2D eigenvalue weighted by Crippen LogP contribution is -2.36. The monoisotopic (exact) mass is 292 g/mol. The molecule has 0 unspecified atom stereocenters. The number of hydrogen-bond donors (Lipinski definition) is 0. The molecule has 2 aromatic rings. The number of hydrogen-bond acceptors (Lipinski definition) is 5. The molecule has 2 heterocycles. The number of halogens is 1. The first kappa shape index (κ1) is 14.2. The van der Waals surface area contributed by atoms with Gasteiger partial charge >= 0.3 is 0 Å². The molecular formula is C15H17FN2O3. The van der Waals surface area contributed by atoms with Crippen molar-refractivity contribution in [2.24, 2.45) is 0 Å². The van der Waals surface area contributed by atoms with Crippen LogP contribution in [-0.4, -0.2) is 30.5 Å². The van der Waals surface area contributed by atoms with E-state index in [2.05, 4.69) is 10.1 Å². The third-order valence-corrected chi connectivity index (χ3v) is 3.94. The first-order chi connectivity index (χ1) is 10.1. The van der Waals surface area contributed by atoms with Crippen molar-refractivity contribution < 1.29 is 18.4 Å². The second-order valence-electron chi connectivity index (χ2n) is 5.19. The zero-order valence-electron chi connectivity index (χ0n) is 12.1. The molecule has 0 saturated carbocycles. The van der Waals surface area contributed by atoms with Crippen molar-refractivity contribution in [2.45, 2.75) is 25.4 Å². The number of methoxy groups -OCH3 is 1. The van der Waals surface area contributed by atoms with Crippen LogP contribution in [0.5, 0.6) is 0 Å². The summed E-state index contributed by atoms with van der Waals surface area (Å²) in [6, 6.07) is 4.47. The highest BCUT2D eigenvalue weighted by Gasteiger charge is 2.39. The van der Waals surface area contributed by atoms with E-state index in [0.29, 0.717) is 37.8 Å². The van der Waals surface area contributed by atoms with Gasteiger partial charge in [-0.25, -0.2) is 4.39 Å². The molecule has 112 valence electrons. The van der Waals surface area contributed by atoms with Crippen LogP contribution in [0.2, 0.25) is 0 Å². The van der Waals surface area contributed by atoms with Crippen LogP contribution >= 0.6 is 0 Å². The van der Waals surface area contributed by atoms with E-state index in [9.17, 15) is 4.39 Å². The van der Waals surface area contributed by atoms with Crippen LogP contribution in [0.25, 0.3) is 11.5 Å². The van der Waals surface area contributed by atoms with Gasteiger partial charge < -0.3 is 14.0 Å². The van der Waals surface area contributed by atoms with Gasteiger partial charge in [0.1, 0.15) is 11.4 Å². The Kier molecular flexibility index (Phi) is 3.73. The normalized spacial score (nSPS) is 17.9. The Balaban J connectivity index is 1.95. The van der Waals surface area contributed by atoms with E-state index in [-0.39, 0.29) is 5.82 Å². The molecule has 1 saturated heterocycles. The predicted molar refractivity (Wildman–Crippen MR) is 73.2 cm³/mol. The van der Waals surface area contributed by atoms with E-state index < -0.39 is 5.60 Å². The Hall–Kier alpha value is -1.79. The predicted octanol–water partition coefficient (Wildman–Crippen LogP) is 2.84. The fourth-order valence-corrected chi connectivity index (χ4v) is 2.61. The van der Waals surface area contributed by atoms with Crippen molar-refractivity contribution >= 4 is 0 Å². The van der Waals surface area contributed by atoms with Crippen LogP contribution < -0.4 is 0 Å². The quantitative estimate of drug-likeness (QED) is 0.870. The molecular weight excluding hydrogens is 275 g/mol. The van der Waals surface area contributed by atoms with Gasteiger partial charge in [0.05, 0.1) is 0 Å². The number of rotatable bonds is 3. The summed E-state index contributed by atoms with van der Waals surface area (Å²) in [5, 5.41) is 4.06. The van der Waals surface area contributed by atoms with Gasteiger partial charge in [-0.15, -0.1) is 0 Å². The van der Waals surface area contributed by atoms with Crippen molar-refractivity contribution in [2.75, 3.05) is 20.3 Å². The second-order valence-corrected chi connectivity index (χ2v) is 5.19. The van der Waals surface area contributed by atoms with Crippen molar-refractivity contribution in [3.63, 3.8) is 0 Å². The van der Waals surface area contributed by atoms with Crippen LogP contribution in [0.1, 0.15) is 24.2 Å². The van der Waals surface area contributed by atoms with E-state index in [1.54, 1.807) is 13.2 Å². The second kappa shape index (κ2) is 5.54. The van der Waals surface area contributed by atoms with Crippen molar-refractivity contribution in [3.8, 4) is 11.5 Å². The molecule has 0 amide bonds. The summed E-state index contributed by atoms with van der Waals surface area (Å²) in [5.74, 6) is 0.617. The highest BCUT2D eigenvalue weighted by Crippen LogP contribution is 2.35. The van der Waals surface area contributed by atoms with Gasteiger partial charge in [-0.05, 0) is 30.7 Å². The van der Waals surface area contributed by atoms with Crippen LogP contribution in [0, 0.1) is 12.7 Å². The first-order valence-corrected chi connectivity index (χ1v) is 6.88. The maximum Gasteiger partial charge on any atom is 0.258 e. The number of benzene rings is 1. The SMILES string of the molecule is COC1(c2noc(-c3ccc(F)cc3C)n2)CCOCC1. The van der Waals surface area contributed by atoms with E-state index in [4.69, 9.17) is 14.0 Å². The molecule has 3 rings (SSSR count). The van der Waals surface area contributed by atoms with Gasteiger partial charge in [-0.1, -0.05) is 5.16 Å². The molecule has 1 aliphatic rings. The van der Waals surface area contributed by atoms with Gasteiger partial charge in [0.25, 0.3) is 5.89 Å². The molecule has 1 aliphatic heterocycles. The van der Waals surface area contributed by atoms with Crippen LogP contribution in [-0.2, 0) is 15.1 Å². The molecule has 5 nitrogen and oxygen atoms in total. The molecule has 1 fully saturated rings. The fraction of sp³-hybridized carbons (Fsp3) is 0.467.